The van der Waals surface area contributed by atoms with Crippen molar-refractivity contribution in [3.05, 3.63) is 212 Å². The summed E-state index contributed by atoms with van der Waals surface area (Å²) in [5.41, 5.74) is 14.8. The molecule has 2 aromatic heterocycles. The van der Waals surface area contributed by atoms with Crippen molar-refractivity contribution >= 4 is 65.3 Å². The first-order valence-corrected chi connectivity index (χ1v) is 19.9. The number of para-hydroxylation sites is 3. The van der Waals surface area contributed by atoms with Gasteiger partial charge in [0.15, 0.2) is 0 Å². The summed E-state index contributed by atoms with van der Waals surface area (Å²) in [5.74, 6) is 0. The number of nitrogens with zero attached hydrogens (tertiary/aromatic N) is 1. The van der Waals surface area contributed by atoms with Crippen LogP contribution in [0.5, 0.6) is 0 Å². The van der Waals surface area contributed by atoms with Gasteiger partial charge in [-0.25, -0.2) is 0 Å². The predicted molar refractivity (Wildman–Crippen MR) is 245 cm³/mol. The van der Waals surface area contributed by atoms with E-state index >= 15 is 0 Å². The van der Waals surface area contributed by atoms with Crippen LogP contribution >= 0.6 is 0 Å². The standard InChI is InChI=1S/C56H35NO/c1-3-16-36(17-4-1)37-18-15-19-39(32-37)54-43-23-7-9-25-45(43)55(46-26-10-8-24-44(46)54)49-34-40(35-53-56(49)47-27-12-14-29-52(47)58-53)38-30-31-51-48(33-38)42-22-11-13-28-50(42)57(51)41-20-5-2-6-21-41/h1-35H. The maximum absolute atomic E-state index is 6.76. The van der Waals surface area contributed by atoms with Gasteiger partial charge >= 0.3 is 0 Å². The molecule has 0 aliphatic carbocycles. The van der Waals surface area contributed by atoms with E-state index in [0.29, 0.717) is 0 Å². The lowest BCUT2D eigenvalue weighted by Gasteiger charge is -2.19. The minimum absolute atomic E-state index is 0.883. The number of furan rings is 1. The largest absolute Gasteiger partial charge is 0.456 e. The fourth-order valence-electron chi connectivity index (χ4n) is 9.44. The van der Waals surface area contributed by atoms with Crippen LogP contribution in [0.3, 0.4) is 0 Å². The summed E-state index contributed by atoms with van der Waals surface area (Å²) in [6.07, 6.45) is 0. The van der Waals surface area contributed by atoms with E-state index < -0.39 is 0 Å². The van der Waals surface area contributed by atoms with E-state index in [0.717, 1.165) is 38.8 Å². The van der Waals surface area contributed by atoms with E-state index in [-0.39, 0.29) is 0 Å². The van der Waals surface area contributed by atoms with Crippen LogP contribution in [-0.4, -0.2) is 4.57 Å². The van der Waals surface area contributed by atoms with Gasteiger partial charge in [-0.05, 0) is 121 Å². The molecule has 0 saturated carbocycles. The molecule has 0 unspecified atom stereocenters. The highest BCUT2D eigenvalue weighted by Gasteiger charge is 2.22. The molecule has 0 aliphatic rings. The zero-order valence-electron chi connectivity index (χ0n) is 31.6. The maximum atomic E-state index is 6.76. The van der Waals surface area contributed by atoms with Crippen LogP contribution in [0.15, 0.2) is 217 Å². The van der Waals surface area contributed by atoms with Gasteiger partial charge in [0.2, 0.25) is 0 Å². The lowest BCUT2D eigenvalue weighted by atomic mass is 9.83. The molecule has 0 saturated heterocycles. The Morgan fingerprint density at radius 3 is 1.59 bits per heavy atom. The molecule has 0 aliphatic heterocycles. The topological polar surface area (TPSA) is 18.1 Å². The van der Waals surface area contributed by atoms with Gasteiger partial charge in [-0.3, -0.25) is 0 Å². The monoisotopic (exact) mass is 737 g/mol. The number of aromatic nitrogens is 1. The fourth-order valence-corrected chi connectivity index (χ4v) is 9.44. The molecule has 12 aromatic rings. The summed E-state index contributed by atoms with van der Waals surface area (Å²) in [4.78, 5) is 0. The molecule has 0 bridgehead atoms. The Labute approximate surface area is 335 Å². The van der Waals surface area contributed by atoms with Gasteiger partial charge in [0.25, 0.3) is 0 Å². The normalized spacial score (nSPS) is 11.8. The number of hydrogen-bond acceptors (Lipinski definition) is 1. The number of rotatable bonds is 5. The van der Waals surface area contributed by atoms with Gasteiger partial charge in [-0.2, -0.15) is 0 Å². The quantitative estimate of drug-likeness (QED) is 0.161. The molecule has 0 N–H and O–H groups in total. The van der Waals surface area contributed by atoms with E-state index in [2.05, 4.69) is 217 Å². The zero-order chi connectivity index (χ0) is 38.2. The second-order valence-corrected chi connectivity index (χ2v) is 15.2. The van der Waals surface area contributed by atoms with E-state index in [1.165, 1.54) is 76.7 Å². The van der Waals surface area contributed by atoms with Crippen LogP contribution in [-0.2, 0) is 0 Å². The molecule has 270 valence electrons. The number of fused-ring (bicyclic) bond motifs is 8. The Balaban J connectivity index is 1.15. The molecule has 12 rings (SSSR count). The molecule has 2 nitrogen and oxygen atoms in total. The third kappa shape index (κ3) is 4.99. The first-order valence-electron chi connectivity index (χ1n) is 19.9. The van der Waals surface area contributed by atoms with Crippen molar-refractivity contribution in [3.8, 4) is 50.2 Å². The molecule has 2 heteroatoms. The van der Waals surface area contributed by atoms with Crippen LogP contribution < -0.4 is 0 Å². The molecule has 0 atom stereocenters. The van der Waals surface area contributed by atoms with Crippen molar-refractivity contribution in [2.45, 2.75) is 0 Å². The number of benzene rings is 10. The summed E-state index contributed by atoms with van der Waals surface area (Å²) in [7, 11) is 0. The third-order valence-electron chi connectivity index (χ3n) is 12.0. The summed E-state index contributed by atoms with van der Waals surface area (Å²) >= 11 is 0. The summed E-state index contributed by atoms with van der Waals surface area (Å²) < 4.78 is 9.14. The summed E-state index contributed by atoms with van der Waals surface area (Å²) in [6, 6.07) is 76.9. The third-order valence-corrected chi connectivity index (χ3v) is 12.0. The molecular formula is C56H35NO. The molecule has 0 radical (unpaired) electrons. The molecule has 0 amide bonds. The van der Waals surface area contributed by atoms with Gasteiger partial charge in [-0.15, -0.1) is 0 Å². The first kappa shape index (κ1) is 32.6. The van der Waals surface area contributed by atoms with Crippen molar-refractivity contribution in [2.75, 3.05) is 0 Å². The molecule has 58 heavy (non-hydrogen) atoms. The van der Waals surface area contributed by atoms with Crippen molar-refractivity contribution in [2.24, 2.45) is 0 Å². The highest BCUT2D eigenvalue weighted by molar-refractivity contribution is 6.26. The fraction of sp³-hybridized carbons (Fsp3) is 0. The van der Waals surface area contributed by atoms with Crippen LogP contribution in [0.2, 0.25) is 0 Å². The van der Waals surface area contributed by atoms with Crippen LogP contribution in [0.4, 0.5) is 0 Å². The first-order chi connectivity index (χ1) is 28.8. The highest BCUT2D eigenvalue weighted by Crippen LogP contribution is 2.49. The SMILES string of the molecule is c1ccc(-c2cccc(-c3c4ccccc4c(-c4cc(-c5ccc6c(c5)c5ccccc5n6-c5ccccc5)cc5oc6ccccc6c45)c4ccccc34)c2)cc1. The average Bonchev–Trinajstić information content (AvgIpc) is 3.84. The Hall–Kier alpha value is -7.68. The average molecular weight is 738 g/mol. The Morgan fingerprint density at radius 2 is 0.845 bits per heavy atom. The van der Waals surface area contributed by atoms with E-state index in [9.17, 15) is 0 Å². The lowest BCUT2D eigenvalue weighted by Crippen LogP contribution is -1.93. The zero-order valence-corrected chi connectivity index (χ0v) is 31.6. The number of hydrogen-bond donors (Lipinski definition) is 0. The van der Waals surface area contributed by atoms with Gasteiger partial charge in [0, 0.05) is 27.2 Å². The lowest BCUT2D eigenvalue weighted by molar-refractivity contribution is 0.669. The Morgan fingerprint density at radius 1 is 0.293 bits per heavy atom. The molecule has 0 spiro atoms. The van der Waals surface area contributed by atoms with Crippen molar-refractivity contribution < 1.29 is 4.42 Å². The molecule has 10 aromatic carbocycles. The Bertz CT molecular complexity index is 3500. The highest BCUT2D eigenvalue weighted by atomic mass is 16.3. The van der Waals surface area contributed by atoms with E-state index in [1.54, 1.807) is 0 Å². The molecular weight excluding hydrogens is 703 g/mol. The Kier molecular flexibility index (Phi) is 7.26. The summed E-state index contributed by atoms with van der Waals surface area (Å²) in [6.45, 7) is 0. The van der Waals surface area contributed by atoms with E-state index in [4.69, 9.17) is 4.42 Å². The van der Waals surface area contributed by atoms with Gasteiger partial charge < -0.3 is 8.98 Å². The van der Waals surface area contributed by atoms with Gasteiger partial charge in [-0.1, -0.05) is 158 Å². The molecule has 2 heterocycles. The van der Waals surface area contributed by atoms with Gasteiger partial charge in [0.1, 0.15) is 11.2 Å². The second-order valence-electron chi connectivity index (χ2n) is 15.2. The molecule has 0 fully saturated rings. The van der Waals surface area contributed by atoms with Crippen LogP contribution in [0.1, 0.15) is 0 Å². The van der Waals surface area contributed by atoms with Crippen LogP contribution in [0, 0.1) is 0 Å². The second kappa shape index (κ2) is 12.9. The summed E-state index contributed by atoms with van der Waals surface area (Å²) in [5, 5.41) is 9.59. The minimum atomic E-state index is 0.883. The smallest absolute Gasteiger partial charge is 0.136 e. The van der Waals surface area contributed by atoms with Crippen molar-refractivity contribution in [3.63, 3.8) is 0 Å². The van der Waals surface area contributed by atoms with E-state index in [1.807, 2.05) is 0 Å². The van der Waals surface area contributed by atoms with Crippen molar-refractivity contribution in [1.82, 2.24) is 4.57 Å². The van der Waals surface area contributed by atoms with Crippen LogP contribution in [0.25, 0.3) is 115 Å². The predicted octanol–water partition coefficient (Wildman–Crippen LogP) is 15.7. The maximum Gasteiger partial charge on any atom is 0.136 e. The minimum Gasteiger partial charge on any atom is -0.456 e. The van der Waals surface area contributed by atoms with Gasteiger partial charge in [0.05, 0.1) is 11.0 Å². The van der Waals surface area contributed by atoms with Crippen molar-refractivity contribution in [1.29, 1.82) is 0 Å².